The van der Waals surface area contributed by atoms with E-state index in [9.17, 15) is 28.1 Å². The van der Waals surface area contributed by atoms with Crippen molar-refractivity contribution in [3.63, 3.8) is 0 Å². The van der Waals surface area contributed by atoms with E-state index >= 15 is 0 Å². The SMILES string of the molecule is CC(C)C1(C)C(O)=C(C2=N[PH](O)(O)c3cc(NS(C)(=O)=O)ccc3N2)C(=O)N1CCC(C)(C)C. The number of aliphatic hydroxyl groups is 1. The molecule has 0 aromatic heterocycles. The van der Waals surface area contributed by atoms with Crippen LogP contribution in [0, 0.1) is 11.3 Å². The van der Waals surface area contributed by atoms with Crippen molar-refractivity contribution in [1.82, 2.24) is 4.90 Å². The monoisotopic (exact) mass is 514 g/mol. The Morgan fingerprint density at radius 2 is 1.88 bits per heavy atom. The molecular formula is C22H35N4O6PS. The molecule has 190 valence electrons. The molecular weight excluding hydrogens is 479 g/mol. The van der Waals surface area contributed by atoms with Crippen LogP contribution in [-0.4, -0.2) is 58.3 Å². The van der Waals surface area contributed by atoms with Gasteiger partial charge in [0.25, 0.3) is 0 Å². The molecule has 0 aliphatic carbocycles. The summed E-state index contributed by atoms with van der Waals surface area (Å²) in [6.07, 6.45) is 1.70. The molecule has 2 aliphatic heterocycles. The Bertz CT molecular complexity index is 1190. The van der Waals surface area contributed by atoms with Crippen molar-refractivity contribution in [3.05, 3.63) is 29.5 Å². The first-order chi connectivity index (χ1) is 15.4. The Labute approximate surface area is 201 Å². The Morgan fingerprint density at radius 3 is 2.41 bits per heavy atom. The van der Waals surface area contributed by atoms with Crippen molar-refractivity contribution in [2.45, 2.75) is 53.5 Å². The molecule has 0 fully saturated rings. The predicted molar refractivity (Wildman–Crippen MR) is 137 cm³/mol. The zero-order valence-electron chi connectivity index (χ0n) is 20.6. The molecule has 5 N–H and O–H groups in total. The third-order valence-electron chi connectivity index (χ3n) is 6.39. The van der Waals surface area contributed by atoms with Gasteiger partial charge in [0.2, 0.25) is 0 Å². The number of sulfonamides is 1. The molecule has 2 aliphatic rings. The van der Waals surface area contributed by atoms with Crippen molar-refractivity contribution in [2.24, 2.45) is 16.1 Å². The van der Waals surface area contributed by atoms with Gasteiger partial charge in [0.1, 0.15) is 0 Å². The average molecular weight is 515 g/mol. The molecule has 0 bridgehead atoms. The Balaban J connectivity index is 2.04. The Hall–Kier alpha value is -2.20. The van der Waals surface area contributed by atoms with Crippen LogP contribution in [-0.2, 0) is 14.8 Å². The maximum atomic E-state index is 13.5. The van der Waals surface area contributed by atoms with Gasteiger partial charge in [0, 0.05) is 0 Å². The topological polar surface area (TPSA) is 152 Å². The molecule has 12 heteroatoms. The van der Waals surface area contributed by atoms with E-state index in [2.05, 4.69) is 35.6 Å². The molecule has 1 amide bonds. The Kier molecular flexibility index (Phi) is 6.58. The summed E-state index contributed by atoms with van der Waals surface area (Å²) in [5, 5.41) is 14.2. The first kappa shape index (κ1) is 26.4. The van der Waals surface area contributed by atoms with E-state index in [1.165, 1.54) is 18.2 Å². The number of rotatable bonds is 6. The fourth-order valence-corrected chi connectivity index (χ4v) is 6.12. The third-order valence-corrected chi connectivity index (χ3v) is 8.67. The number of amides is 1. The van der Waals surface area contributed by atoms with Gasteiger partial charge in [-0.3, -0.25) is 0 Å². The van der Waals surface area contributed by atoms with E-state index in [0.717, 1.165) is 6.26 Å². The van der Waals surface area contributed by atoms with Crippen LogP contribution in [0.4, 0.5) is 11.4 Å². The number of amidine groups is 1. The summed E-state index contributed by atoms with van der Waals surface area (Å²) in [6, 6.07) is 4.23. The number of anilines is 2. The average Bonchev–Trinajstić information content (AvgIpc) is 2.85. The van der Waals surface area contributed by atoms with Gasteiger partial charge in [0.05, 0.1) is 0 Å². The van der Waals surface area contributed by atoms with Gasteiger partial charge < -0.3 is 0 Å². The normalized spacial score (nSPS) is 23.5. The quantitative estimate of drug-likeness (QED) is 0.366. The first-order valence-electron chi connectivity index (χ1n) is 11.1. The summed E-state index contributed by atoms with van der Waals surface area (Å²) >= 11 is 0. The number of nitrogens with zero attached hydrogens (tertiary/aromatic N) is 2. The van der Waals surface area contributed by atoms with Crippen molar-refractivity contribution in [3.8, 4) is 0 Å². The van der Waals surface area contributed by atoms with Gasteiger partial charge in [0.15, 0.2) is 0 Å². The number of carbonyl (C=O) groups excluding carboxylic acids is 1. The summed E-state index contributed by atoms with van der Waals surface area (Å²) in [7, 11) is -8.04. The standard InChI is InChI=1S/C22H35N4O6PS/c1-13(2)22(6)18(27)17(20(28)26(22)11-10-21(3,4)5)19-23-15-9-8-14(25-34(7,31)32)12-16(15)33(29,30)24-19/h8-9,12-13,25,27,29-30,33H,10-11H2,1-7H3,(H,23,24). The van der Waals surface area contributed by atoms with E-state index < -0.39 is 29.3 Å². The van der Waals surface area contributed by atoms with Crippen LogP contribution in [0.3, 0.4) is 0 Å². The van der Waals surface area contributed by atoms with Gasteiger partial charge in [-0.1, -0.05) is 0 Å². The molecule has 1 aromatic carbocycles. The van der Waals surface area contributed by atoms with Crippen LogP contribution in [0.15, 0.2) is 34.3 Å². The number of carbonyl (C=O) groups is 1. The minimum absolute atomic E-state index is 0.0339. The van der Waals surface area contributed by atoms with Gasteiger partial charge in [-0.2, -0.15) is 0 Å². The third kappa shape index (κ3) is 4.93. The van der Waals surface area contributed by atoms with E-state index in [0.29, 0.717) is 13.0 Å². The molecule has 0 spiro atoms. The molecule has 3 rings (SSSR count). The molecule has 10 nitrogen and oxygen atoms in total. The van der Waals surface area contributed by atoms with Crippen molar-refractivity contribution >= 4 is 46.3 Å². The van der Waals surface area contributed by atoms with Gasteiger partial charge in [-0.15, -0.1) is 0 Å². The molecule has 34 heavy (non-hydrogen) atoms. The van der Waals surface area contributed by atoms with Crippen LogP contribution < -0.4 is 15.3 Å². The number of fused-ring (bicyclic) bond motifs is 1. The van der Waals surface area contributed by atoms with Crippen LogP contribution in [0.5, 0.6) is 0 Å². The van der Waals surface area contributed by atoms with Crippen LogP contribution in [0.25, 0.3) is 0 Å². The van der Waals surface area contributed by atoms with Gasteiger partial charge >= 0.3 is 201 Å². The van der Waals surface area contributed by atoms with Crippen molar-refractivity contribution in [1.29, 1.82) is 0 Å². The Morgan fingerprint density at radius 1 is 1.26 bits per heavy atom. The minimum atomic E-state index is -4.48. The summed E-state index contributed by atoms with van der Waals surface area (Å²) in [4.78, 5) is 36.8. The zero-order valence-corrected chi connectivity index (χ0v) is 22.4. The first-order valence-corrected chi connectivity index (χ1v) is 14.8. The second-order valence-electron chi connectivity index (χ2n) is 10.6. The number of hydrogen-bond donors (Lipinski definition) is 5. The molecule has 0 saturated heterocycles. The van der Waals surface area contributed by atoms with E-state index in [1.54, 1.807) is 11.8 Å². The van der Waals surface area contributed by atoms with E-state index in [4.69, 9.17) is 0 Å². The number of hydrogen-bond acceptors (Lipinski definition) is 8. The maximum absolute atomic E-state index is 13.5. The summed E-state index contributed by atoms with van der Waals surface area (Å²) < 4.78 is 29.4. The van der Waals surface area contributed by atoms with Gasteiger partial charge in [-0.25, -0.2) is 0 Å². The molecule has 0 saturated carbocycles. The number of aliphatic hydroxyl groups excluding tert-OH is 1. The fourth-order valence-electron chi connectivity index (χ4n) is 4.11. The second kappa shape index (κ2) is 8.48. The van der Waals surface area contributed by atoms with E-state index in [1.807, 2.05) is 13.8 Å². The van der Waals surface area contributed by atoms with Crippen LogP contribution in [0.2, 0.25) is 0 Å². The molecule has 1 aromatic rings. The zero-order chi connectivity index (χ0) is 25.9. The fraction of sp³-hybridized carbons (Fsp3) is 0.545. The van der Waals surface area contributed by atoms with Crippen molar-refractivity contribution < 1.29 is 28.1 Å². The summed E-state index contributed by atoms with van der Waals surface area (Å²) in [5.74, 6) is -0.843. The molecule has 0 radical (unpaired) electrons. The molecule has 2 heterocycles. The number of benzene rings is 1. The number of nitrogens with one attached hydrogen (secondary N) is 2. The van der Waals surface area contributed by atoms with Gasteiger partial charge in [-0.05, 0) is 0 Å². The summed E-state index contributed by atoms with van der Waals surface area (Å²) in [6.45, 7) is 12.2. The molecule has 1 atom stereocenters. The summed E-state index contributed by atoms with van der Waals surface area (Å²) in [5.41, 5.74) is -0.684. The van der Waals surface area contributed by atoms with E-state index in [-0.39, 0.29) is 45.2 Å². The molecule has 1 unspecified atom stereocenters. The second-order valence-corrected chi connectivity index (χ2v) is 14.4. The predicted octanol–water partition coefficient (Wildman–Crippen LogP) is 2.49. The van der Waals surface area contributed by atoms with Crippen LogP contribution in [0.1, 0.15) is 48.0 Å². The van der Waals surface area contributed by atoms with Crippen LogP contribution >= 0.6 is 7.87 Å². The van der Waals surface area contributed by atoms with Crippen molar-refractivity contribution in [2.75, 3.05) is 22.8 Å².